The van der Waals surface area contributed by atoms with Gasteiger partial charge in [-0.15, -0.1) is 0 Å². The molecule has 1 aromatic heterocycles. The molecule has 24 heavy (non-hydrogen) atoms. The number of rotatable bonds is 2. The van der Waals surface area contributed by atoms with Gasteiger partial charge in [0, 0.05) is 11.6 Å². The van der Waals surface area contributed by atoms with Crippen LogP contribution in [-0.2, 0) is 0 Å². The summed E-state index contributed by atoms with van der Waals surface area (Å²) in [4.78, 5) is 0. The molecule has 0 fully saturated rings. The van der Waals surface area contributed by atoms with E-state index in [9.17, 15) is 10.3 Å². The zero-order valence-electron chi connectivity index (χ0n) is 12.9. The number of phenols is 1. The monoisotopic (exact) mass is 313 g/mol. The van der Waals surface area contributed by atoms with Gasteiger partial charge in [0.2, 0.25) is 5.69 Å². The largest absolute Gasteiger partial charge is 0.618 e. The van der Waals surface area contributed by atoms with E-state index >= 15 is 0 Å². The molecule has 3 aromatic carbocycles. The summed E-state index contributed by atoms with van der Waals surface area (Å²) >= 11 is 0. The maximum absolute atomic E-state index is 12.3. The third-order valence-electron chi connectivity index (χ3n) is 4.18. The summed E-state index contributed by atoms with van der Waals surface area (Å²) < 4.78 is 0.847. The first kappa shape index (κ1) is 14.3. The SMILES string of the molecule is [O-][n+]1ccc2ccccc2c1-c1ccc(-c2ccccc2)c(O)c1. The van der Waals surface area contributed by atoms with Gasteiger partial charge in [-0.05, 0) is 35.2 Å². The minimum Gasteiger partial charge on any atom is -0.618 e. The standard InChI is InChI=1S/C21H15NO2/c23-20-14-17(10-11-18(20)15-6-2-1-3-7-15)21-19-9-5-4-8-16(19)12-13-22(21)24/h1-14,23H. The Hall–Kier alpha value is -3.33. The molecule has 0 aliphatic heterocycles. The molecular formula is C21H15NO2. The number of pyridine rings is 1. The highest BCUT2D eigenvalue weighted by Gasteiger charge is 2.16. The number of hydrogen-bond donors (Lipinski definition) is 1. The van der Waals surface area contributed by atoms with Crippen molar-refractivity contribution in [3.63, 3.8) is 0 Å². The predicted molar refractivity (Wildman–Crippen MR) is 95.4 cm³/mol. The number of aromatic nitrogens is 1. The van der Waals surface area contributed by atoms with Crippen LogP contribution in [0.25, 0.3) is 33.2 Å². The molecule has 4 aromatic rings. The van der Waals surface area contributed by atoms with Crippen molar-refractivity contribution in [2.24, 2.45) is 0 Å². The fourth-order valence-corrected chi connectivity index (χ4v) is 3.02. The number of benzene rings is 3. The van der Waals surface area contributed by atoms with Gasteiger partial charge < -0.3 is 10.3 Å². The molecule has 3 heteroatoms. The van der Waals surface area contributed by atoms with E-state index in [2.05, 4.69) is 0 Å². The van der Waals surface area contributed by atoms with Gasteiger partial charge in [-0.3, -0.25) is 0 Å². The predicted octanol–water partition coefficient (Wildman–Crippen LogP) is 4.51. The van der Waals surface area contributed by atoms with E-state index in [4.69, 9.17) is 0 Å². The lowest BCUT2D eigenvalue weighted by molar-refractivity contribution is -0.592. The smallest absolute Gasteiger partial charge is 0.231 e. The molecule has 0 spiro atoms. The summed E-state index contributed by atoms with van der Waals surface area (Å²) in [7, 11) is 0. The van der Waals surface area contributed by atoms with Crippen molar-refractivity contribution >= 4 is 10.8 Å². The third-order valence-corrected chi connectivity index (χ3v) is 4.18. The van der Waals surface area contributed by atoms with E-state index in [1.165, 1.54) is 6.20 Å². The summed E-state index contributed by atoms with van der Waals surface area (Å²) in [6.07, 6.45) is 1.50. The quantitative estimate of drug-likeness (QED) is 0.437. The Morgan fingerprint density at radius 3 is 2.29 bits per heavy atom. The van der Waals surface area contributed by atoms with Gasteiger partial charge in [0.25, 0.3) is 0 Å². The fourth-order valence-electron chi connectivity index (χ4n) is 3.02. The van der Waals surface area contributed by atoms with Crippen LogP contribution in [0.4, 0.5) is 0 Å². The Morgan fingerprint density at radius 1 is 0.750 bits per heavy atom. The average molecular weight is 313 g/mol. The minimum atomic E-state index is 0.159. The van der Waals surface area contributed by atoms with E-state index in [1.807, 2.05) is 66.7 Å². The lowest BCUT2D eigenvalue weighted by Crippen LogP contribution is -2.28. The molecule has 4 rings (SSSR count). The molecular weight excluding hydrogens is 298 g/mol. The summed E-state index contributed by atoms with van der Waals surface area (Å²) in [5, 5.41) is 24.6. The van der Waals surface area contributed by atoms with Crippen LogP contribution in [0.15, 0.2) is 85.1 Å². The Kier molecular flexibility index (Phi) is 3.39. The second kappa shape index (κ2) is 5.70. The molecule has 0 aliphatic carbocycles. The maximum Gasteiger partial charge on any atom is 0.231 e. The van der Waals surface area contributed by atoms with Crippen molar-refractivity contribution in [1.82, 2.24) is 0 Å². The lowest BCUT2D eigenvalue weighted by Gasteiger charge is -2.10. The lowest BCUT2D eigenvalue weighted by atomic mass is 9.99. The van der Waals surface area contributed by atoms with Crippen LogP contribution < -0.4 is 4.73 Å². The normalized spacial score (nSPS) is 10.8. The van der Waals surface area contributed by atoms with E-state index in [-0.39, 0.29) is 5.75 Å². The highest BCUT2D eigenvalue weighted by Crippen LogP contribution is 2.34. The van der Waals surface area contributed by atoms with Crippen LogP contribution in [0.3, 0.4) is 0 Å². The molecule has 1 heterocycles. The van der Waals surface area contributed by atoms with E-state index in [1.54, 1.807) is 12.1 Å². The van der Waals surface area contributed by atoms with Crippen LogP contribution in [0.5, 0.6) is 5.75 Å². The zero-order chi connectivity index (χ0) is 16.5. The van der Waals surface area contributed by atoms with Gasteiger partial charge in [0.15, 0.2) is 6.20 Å². The van der Waals surface area contributed by atoms with Crippen molar-refractivity contribution in [3.8, 4) is 28.1 Å². The summed E-state index contributed by atoms with van der Waals surface area (Å²) in [5.41, 5.74) is 2.92. The first-order valence-corrected chi connectivity index (χ1v) is 7.74. The zero-order valence-corrected chi connectivity index (χ0v) is 12.9. The maximum atomic E-state index is 12.3. The van der Waals surface area contributed by atoms with Gasteiger partial charge in [0.05, 0.1) is 10.9 Å². The highest BCUT2D eigenvalue weighted by molar-refractivity contribution is 5.93. The number of fused-ring (bicyclic) bond motifs is 1. The van der Waals surface area contributed by atoms with Gasteiger partial charge in [-0.1, -0.05) is 48.5 Å². The second-order valence-corrected chi connectivity index (χ2v) is 5.68. The van der Waals surface area contributed by atoms with Gasteiger partial charge >= 0.3 is 0 Å². The van der Waals surface area contributed by atoms with Crippen molar-refractivity contribution in [2.75, 3.05) is 0 Å². The molecule has 0 atom stereocenters. The molecule has 1 N–H and O–H groups in total. The van der Waals surface area contributed by atoms with Crippen molar-refractivity contribution < 1.29 is 9.84 Å². The van der Waals surface area contributed by atoms with Gasteiger partial charge in [-0.25, -0.2) is 0 Å². The van der Waals surface area contributed by atoms with Crippen molar-refractivity contribution in [1.29, 1.82) is 0 Å². The Morgan fingerprint density at radius 2 is 1.50 bits per heavy atom. The molecule has 0 saturated heterocycles. The van der Waals surface area contributed by atoms with Crippen molar-refractivity contribution in [3.05, 3.63) is 90.3 Å². The summed E-state index contributed by atoms with van der Waals surface area (Å²) in [6, 6.07) is 24.6. The summed E-state index contributed by atoms with van der Waals surface area (Å²) in [5.74, 6) is 0.159. The molecule has 0 aliphatic rings. The van der Waals surface area contributed by atoms with Crippen molar-refractivity contribution in [2.45, 2.75) is 0 Å². The highest BCUT2D eigenvalue weighted by atomic mass is 16.5. The van der Waals surface area contributed by atoms with E-state index < -0.39 is 0 Å². The summed E-state index contributed by atoms with van der Waals surface area (Å²) in [6.45, 7) is 0. The molecule has 0 amide bonds. The number of aromatic hydroxyl groups is 1. The van der Waals surface area contributed by atoms with Gasteiger partial charge in [0.1, 0.15) is 5.75 Å². The van der Waals surface area contributed by atoms with Crippen LogP contribution in [0, 0.1) is 5.21 Å². The first-order valence-electron chi connectivity index (χ1n) is 7.74. The number of phenolic OH excluding ortho intramolecular Hbond substituents is 1. The molecule has 3 nitrogen and oxygen atoms in total. The average Bonchev–Trinajstić information content (AvgIpc) is 2.62. The molecule has 0 bridgehead atoms. The molecule has 0 saturated carbocycles. The van der Waals surface area contributed by atoms with Crippen LogP contribution >= 0.6 is 0 Å². The minimum absolute atomic E-state index is 0.159. The first-order chi connectivity index (χ1) is 11.7. The molecule has 0 radical (unpaired) electrons. The van der Waals surface area contributed by atoms with E-state index in [0.29, 0.717) is 11.3 Å². The topological polar surface area (TPSA) is 47.2 Å². The Balaban J connectivity index is 1.90. The molecule has 116 valence electrons. The Labute approximate surface area is 139 Å². The van der Waals surface area contributed by atoms with Crippen LogP contribution in [0.2, 0.25) is 0 Å². The van der Waals surface area contributed by atoms with Crippen LogP contribution in [-0.4, -0.2) is 5.11 Å². The number of hydrogen-bond acceptors (Lipinski definition) is 2. The fraction of sp³-hybridized carbons (Fsp3) is 0. The molecule has 0 unspecified atom stereocenters. The third kappa shape index (κ3) is 2.36. The van der Waals surface area contributed by atoms with Gasteiger partial charge in [-0.2, -0.15) is 4.73 Å². The Bertz CT molecular complexity index is 1030. The number of nitrogens with zero attached hydrogens (tertiary/aromatic N) is 1. The van der Waals surface area contributed by atoms with Crippen LogP contribution in [0.1, 0.15) is 0 Å². The second-order valence-electron chi connectivity index (χ2n) is 5.68. The van der Waals surface area contributed by atoms with E-state index in [0.717, 1.165) is 26.6 Å².